The van der Waals surface area contributed by atoms with Gasteiger partial charge in [0, 0.05) is 39.4 Å². The fraction of sp³-hybridized carbons (Fsp3) is 0.429. The van der Waals surface area contributed by atoms with Crippen molar-refractivity contribution in [2.24, 2.45) is 12.0 Å². The molecule has 1 saturated heterocycles. The Bertz CT molecular complexity index is 885. The summed E-state index contributed by atoms with van der Waals surface area (Å²) in [6.07, 6.45) is 4.29. The second-order valence-corrected chi connectivity index (χ2v) is 7.09. The van der Waals surface area contributed by atoms with Crippen LogP contribution in [0.15, 0.2) is 47.7 Å². The van der Waals surface area contributed by atoms with Gasteiger partial charge >= 0.3 is 0 Å². The molecule has 10 heteroatoms. The number of rotatable bonds is 7. The highest BCUT2D eigenvalue weighted by Gasteiger charge is 2.27. The van der Waals surface area contributed by atoms with Crippen LogP contribution in [0.5, 0.6) is 0 Å². The molecular formula is C21H30IN7O2. The Hall–Kier alpha value is -2.63. The number of aromatic nitrogens is 2. The summed E-state index contributed by atoms with van der Waals surface area (Å²) in [7, 11) is 1.82. The number of nitrogens with zero attached hydrogens (tertiary/aromatic N) is 5. The second-order valence-electron chi connectivity index (χ2n) is 7.09. The molecule has 0 saturated carbocycles. The van der Waals surface area contributed by atoms with Crippen molar-refractivity contribution < 1.29 is 9.59 Å². The molecule has 1 fully saturated rings. The standard InChI is InChI=1S/C21H29N7O2.HI/c1-3-22-21(24-14-19(29)23-10-9-17-7-5-4-6-8-17)27-11-12-28(20(30)16-27)18-13-25-26(2)15-18;/h4-8,13,15H,3,9-12,14,16H2,1-2H3,(H,22,24)(H,23,29);1H. The Morgan fingerprint density at radius 2 is 1.97 bits per heavy atom. The molecule has 2 N–H and O–H groups in total. The summed E-state index contributed by atoms with van der Waals surface area (Å²) < 4.78 is 1.68. The number of aliphatic imine (C=N–C) groups is 1. The van der Waals surface area contributed by atoms with Crippen molar-refractivity contribution in [2.45, 2.75) is 13.3 Å². The summed E-state index contributed by atoms with van der Waals surface area (Å²) in [6, 6.07) is 10.0. The first-order chi connectivity index (χ1) is 14.6. The number of benzene rings is 1. The fourth-order valence-electron chi connectivity index (χ4n) is 3.29. The van der Waals surface area contributed by atoms with Crippen LogP contribution in [0.25, 0.3) is 0 Å². The minimum absolute atomic E-state index is 0. The van der Waals surface area contributed by atoms with Gasteiger partial charge in [-0.15, -0.1) is 24.0 Å². The number of aryl methyl sites for hydroxylation is 1. The number of guanidine groups is 1. The summed E-state index contributed by atoms with van der Waals surface area (Å²) in [5, 5.41) is 10.2. The maximum atomic E-state index is 12.6. The molecule has 3 rings (SSSR count). The number of anilines is 1. The molecule has 2 aromatic rings. The predicted octanol–water partition coefficient (Wildman–Crippen LogP) is 1.01. The molecule has 0 aliphatic carbocycles. The summed E-state index contributed by atoms with van der Waals surface area (Å²) in [6.45, 7) is 4.58. The Labute approximate surface area is 199 Å². The largest absolute Gasteiger partial charge is 0.356 e. The number of carbonyl (C=O) groups excluding carboxylic acids is 2. The van der Waals surface area contributed by atoms with Gasteiger partial charge in [0.25, 0.3) is 0 Å². The molecule has 1 aromatic heterocycles. The van der Waals surface area contributed by atoms with Gasteiger partial charge in [0.15, 0.2) is 5.96 Å². The average Bonchev–Trinajstić information content (AvgIpc) is 3.17. The van der Waals surface area contributed by atoms with Crippen molar-refractivity contribution >= 4 is 47.4 Å². The number of piperazine rings is 1. The van der Waals surface area contributed by atoms with E-state index < -0.39 is 0 Å². The molecule has 0 spiro atoms. The molecule has 0 bridgehead atoms. The van der Waals surface area contributed by atoms with Crippen molar-refractivity contribution in [3.8, 4) is 0 Å². The zero-order valence-corrected chi connectivity index (χ0v) is 20.3. The minimum atomic E-state index is -0.137. The van der Waals surface area contributed by atoms with Crippen LogP contribution < -0.4 is 15.5 Å². The first kappa shape index (κ1) is 24.6. The summed E-state index contributed by atoms with van der Waals surface area (Å²) in [5.74, 6) is 0.420. The Balaban J connectivity index is 0.00000341. The van der Waals surface area contributed by atoms with Gasteiger partial charge < -0.3 is 20.4 Å². The SMILES string of the molecule is CCNC(=NCC(=O)NCCc1ccccc1)N1CCN(c2cnn(C)c2)C(=O)C1.I. The van der Waals surface area contributed by atoms with Gasteiger partial charge in [-0.2, -0.15) is 5.10 Å². The van der Waals surface area contributed by atoms with Crippen molar-refractivity contribution in [1.82, 2.24) is 25.3 Å². The number of halogens is 1. The lowest BCUT2D eigenvalue weighted by Crippen LogP contribution is -2.55. The summed E-state index contributed by atoms with van der Waals surface area (Å²) in [5.41, 5.74) is 1.97. The van der Waals surface area contributed by atoms with E-state index in [4.69, 9.17) is 0 Å². The van der Waals surface area contributed by atoms with E-state index in [1.165, 1.54) is 5.56 Å². The van der Waals surface area contributed by atoms with Crippen LogP contribution in [0.3, 0.4) is 0 Å². The highest BCUT2D eigenvalue weighted by atomic mass is 127. The van der Waals surface area contributed by atoms with Crippen LogP contribution >= 0.6 is 24.0 Å². The lowest BCUT2D eigenvalue weighted by Gasteiger charge is -2.35. The summed E-state index contributed by atoms with van der Waals surface area (Å²) in [4.78, 5) is 32.8. The molecule has 1 aromatic carbocycles. The van der Waals surface area contributed by atoms with Gasteiger partial charge in [0.05, 0.1) is 11.9 Å². The molecular weight excluding hydrogens is 509 g/mol. The van der Waals surface area contributed by atoms with Gasteiger partial charge in [0.1, 0.15) is 13.1 Å². The predicted molar refractivity (Wildman–Crippen MR) is 132 cm³/mol. The van der Waals surface area contributed by atoms with Gasteiger partial charge in [-0.1, -0.05) is 30.3 Å². The monoisotopic (exact) mass is 539 g/mol. The third-order valence-electron chi connectivity index (χ3n) is 4.81. The quantitative estimate of drug-likeness (QED) is 0.311. The van der Waals surface area contributed by atoms with Crippen LogP contribution in [0.1, 0.15) is 12.5 Å². The molecule has 31 heavy (non-hydrogen) atoms. The van der Waals surface area contributed by atoms with E-state index in [1.807, 2.05) is 55.4 Å². The maximum absolute atomic E-state index is 12.6. The zero-order valence-electron chi connectivity index (χ0n) is 18.0. The maximum Gasteiger partial charge on any atom is 0.246 e. The molecule has 0 atom stereocenters. The smallest absolute Gasteiger partial charge is 0.246 e. The van der Waals surface area contributed by atoms with Crippen molar-refractivity contribution in [2.75, 3.05) is 44.2 Å². The highest BCUT2D eigenvalue weighted by Crippen LogP contribution is 2.16. The van der Waals surface area contributed by atoms with E-state index in [9.17, 15) is 9.59 Å². The van der Waals surface area contributed by atoms with Crippen LogP contribution in [0, 0.1) is 0 Å². The average molecular weight is 539 g/mol. The highest BCUT2D eigenvalue weighted by molar-refractivity contribution is 14.0. The van der Waals surface area contributed by atoms with Crippen molar-refractivity contribution in [3.63, 3.8) is 0 Å². The third-order valence-corrected chi connectivity index (χ3v) is 4.81. The lowest BCUT2D eigenvalue weighted by atomic mass is 10.1. The molecule has 0 unspecified atom stereocenters. The van der Waals surface area contributed by atoms with E-state index in [2.05, 4.69) is 20.7 Å². The van der Waals surface area contributed by atoms with Crippen LogP contribution in [-0.2, 0) is 23.1 Å². The van der Waals surface area contributed by atoms with Crippen LogP contribution in [0.4, 0.5) is 5.69 Å². The molecule has 0 radical (unpaired) electrons. The number of nitrogens with one attached hydrogen (secondary N) is 2. The van der Waals surface area contributed by atoms with E-state index in [0.29, 0.717) is 32.1 Å². The van der Waals surface area contributed by atoms with Gasteiger partial charge in [-0.3, -0.25) is 14.3 Å². The first-order valence-corrected chi connectivity index (χ1v) is 10.2. The van der Waals surface area contributed by atoms with Crippen molar-refractivity contribution in [1.29, 1.82) is 0 Å². The molecule has 2 amide bonds. The molecule has 2 heterocycles. The van der Waals surface area contributed by atoms with Gasteiger partial charge in [-0.25, -0.2) is 4.99 Å². The number of hydrogen-bond donors (Lipinski definition) is 2. The normalized spacial score (nSPS) is 14.3. The van der Waals surface area contributed by atoms with E-state index >= 15 is 0 Å². The summed E-state index contributed by atoms with van der Waals surface area (Å²) >= 11 is 0. The van der Waals surface area contributed by atoms with Crippen LogP contribution in [0.2, 0.25) is 0 Å². The molecule has 168 valence electrons. The molecule has 9 nitrogen and oxygen atoms in total. The third kappa shape index (κ3) is 7.23. The van der Waals surface area contributed by atoms with Gasteiger partial charge in [0.2, 0.25) is 11.8 Å². The van der Waals surface area contributed by atoms with Crippen LogP contribution in [-0.4, -0.2) is 71.7 Å². The Morgan fingerprint density at radius 1 is 1.19 bits per heavy atom. The Kier molecular flexibility index (Phi) is 9.76. The van der Waals surface area contributed by atoms with E-state index in [0.717, 1.165) is 12.1 Å². The van der Waals surface area contributed by atoms with E-state index in [1.54, 1.807) is 15.8 Å². The Morgan fingerprint density at radius 3 is 2.61 bits per heavy atom. The lowest BCUT2D eigenvalue weighted by molar-refractivity contribution is -0.120. The van der Waals surface area contributed by atoms with Crippen molar-refractivity contribution in [3.05, 3.63) is 48.3 Å². The second kappa shape index (κ2) is 12.3. The number of amides is 2. The molecule has 1 aliphatic rings. The fourth-order valence-corrected chi connectivity index (χ4v) is 3.29. The first-order valence-electron chi connectivity index (χ1n) is 10.2. The number of carbonyl (C=O) groups is 2. The molecule has 1 aliphatic heterocycles. The van der Waals surface area contributed by atoms with Gasteiger partial charge in [-0.05, 0) is 18.9 Å². The number of hydrogen-bond acceptors (Lipinski definition) is 4. The van der Waals surface area contributed by atoms with E-state index in [-0.39, 0.29) is 48.9 Å². The zero-order chi connectivity index (χ0) is 21.3. The topological polar surface area (TPSA) is 94.9 Å². The minimum Gasteiger partial charge on any atom is -0.356 e.